The van der Waals surface area contributed by atoms with Gasteiger partial charge in [-0.15, -0.1) is 0 Å². The van der Waals surface area contributed by atoms with Gasteiger partial charge in [-0.1, -0.05) is 0 Å². The van der Waals surface area contributed by atoms with Crippen LogP contribution in [0.15, 0.2) is 0 Å². The van der Waals surface area contributed by atoms with Crippen molar-refractivity contribution in [2.75, 3.05) is 0 Å². The average molecular weight is 130 g/mol. The standard InChI is InChI=1S/C8H12B2/c1-2-6(1)5-8(3-4-8)7-9-10-7/h6-7H,1-5H2. The van der Waals surface area contributed by atoms with Crippen molar-refractivity contribution in [3.05, 3.63) is 0 Å². The van der Waals surface area contributed by atoms with Crippen LogP contribution in [0.2, 0.25) is 5.72 Å². The molecule has 0 unspecified atom stereocenters. The molecule has 1 heterocycles. The monoisotopic (exact) mass is 130 g/mol. The van der Waals surface area contributed by atoms with E-state index in [4.69, 9.17) is 0 Å². The fourth-order valence-corrected chi connectivity index (χ4v) is 2.19. The Balaban J connectivity index is 1.65. The fourth-order valence-electron chi connectivity index (χ4n) is 2.19. The van der Waals surface area contributed by atoms with Crippen LogP contribution in [0.1, 0.15) is 32.1 Å². The summed E-state index contributed by atoms with van der Waals surface area (Å²) in [5.74, 6) is 1.14. The first kappa shape index (κ1) is 5.74. The topological polar surface area (TPSA) is 0 Å². The Morgan fingerprint density at radius 3 is 2.30 bits per heavy atom. The van der Waals surface area contributed by atoms with Crippen molar-refractivity contribution in [1.82, 2.24) is 0 Å². The molecule has 10 heavy (non-hydrogen) atoms. The van der Waals surface area contributed by atoms with E-state index in [9.17, 15) is 0 Å². The summed E-state index contributed by atoms with van der Waals surface area (Å²) in [7, 11) is 0. The molecule has 3 rings (SSSR count). The second kappa shape index (κ2) is 1.65. The van der Waals surface area contributed by atoms with Crippen LogP contribution in [0.4, 0.5) is 0 Å². The number of hydrogen-bond acceptors (Lipinski definition) is 0. The quantitative estimate of drug-likeness (QED) is 0.509. The van der Waals surface area contributed by atoms with E-state index < -0.39 is 0 Å². The number of rotatable bonds is 3. The maximum absolute atomic E-state index is 2.40. The SMILES string of the molecule is B1=BC1C1(CC2CC2)CC1. The van der Waals surface area contributed by atoms with Gasteiger partial charge in [0.2, 0.25) is 0 Å². The summed E-state index contributed by atoms with van der Waals surface area (Å²) in [4.78, 5) is 0. The Hall–Kier alpha value is 0.130. The zero-order chi connectivity index (χ0) is 6.60. The average Bonchev–Trinajstić information content (AvgIpc) is 2.75. The zero-order valence-corrected chi connectivity index (χ0v) is 6.34. The van der Waals surface area contributed by atoms with Crippen LogP contribution < -0.4 is 0 Å². The van der Waals surface area contributed by atoms with E-state index >= 15 is 0 Å². The summed E-state index contributed by atoms with van der Waals surface area (Å²) < 4.78 is 0. The van der Waals surface area contributed by atoms with Gasteiger partial charge >= 0.3 is 62.8 Å². The van der Waals surface area contributed by atoms with Gasteiger partial charge in [0.05, 0.1) is 0 Å². The molecule has 0 radical (unpaired) electrons. The first-order valence-corrected chi connectivity index (χ1v) is 4.57. The molecule has 0 aromatic rings. The van der Waals surface area contributed by atoms with Gasteiger partial charge in [-0.25, -0.2) is 0 Å². The van der Waals surface area contributed by atoms with Crippen molar-refractivity contribution in [3.63, 3.8) is 0 Å². The Labute approximate surface area is 63.5 Å². The first-order valence-electron chi connectivity index (χ1n) is 4.57. The molecule has 3 aliphatic rings. The van der Waals surface area contributed by atoms with Gasteiger partial charge < -0.3 is 0 Å². The first-order chi connectivity index (χ1) is 4.89. The molecule has 0 bridgehead atoms. The van der Waals surface area contributed by atoms with Gasteiger partial charge in [-0.05, 0) is 0 Å². The van der Waals surface area contributed by atoms with Crippen molar-refractivity contribution in [2.24, 2.45) is 11.3 Å². The Bertz CT molecular complexity index is 183. The Morgan fingerprint density at radius 2 is 1.90 bits per heavy atom. The van der Waals surface area contributed by atoms with E-state index in [2.05, 4.69) is 13.6 Å². The normalized spacial score (nSPS) is 32.8. The third-order valence-electron chi connectivity index (χ3n) is 3.38. The van der Waals surface area contributed by atoms with Gasteiger partial charge in [0.1, 0.15) is 0 Å². The third kappa shape index (κ3) is 0.844. The maximum atomic E-state index is 2.40. The van der Waals surface area contributed by atoms with Crippen molar-refractivity contribution in [1.29, 1.82) is 0 Å². The molecule has 0 aromatic carbocycles. The Morgan fingerprint density at radius 1 is 1.20 bits per heavy atom. The minimum atomic E-state index is 0.834. The molecule has 0 saturated heterocycles. The third-order valence-corrected chi connectivity index (χ3v) is 3.38. The minimum absolute atomic E-state index is 0.834. The van der Waals surface area contributed by atoms with Crippen molar-refractivity contribution in [2.45, 2.75) is 37.8 Å². The van der Waals surface area contributed by atoms with E-state index in [0.29, 0.717) is 0 Å². The molecular formula is C8H12B2. The molecule has 2 saturated carbocycles. The molecule has 0 N–H and O–H groups in total. The summed E-state index contributed by atoms with van der Waals surface area (Å²) in [5, 5.41) is 0. The molecule has 0 nitrogen and oxygen atoms in total. The molecule has 2 heteroatoms. The predicted octanol–water partition coefficient (Wildman–Crippen LogP) is 1.65. The Kier molecular flexibility index (Phi) is 0.946. The van der Waals surface area contributed by atoms with Gasteiger partial charge in [0.15, 0.2) is 0 Å². The van der Waals surface area contributed by atoms with E-state index in [-0.39, 0.29) is 0 Å². The summed E-state index contributed by atoms with van der Waals surface area (Å²) in [5.41, 5.74) is 1.79. The second-order valence-electron chi connectivity index (χ2n) is 4.42. The van der Waals surface area contributed by atoms with E-state index in [0.717, 1.165) is 17.0 Å². The molecule has 50 valence electrons. The van der Waals surface area contributed by atoms with Gasteiger partial charge in [-0.2, -0.15) is 0 Å². The fraction of sp³-hybridized carbons (Fsp3) is 1.00. The van der Waals surface area contributed by atoms with E-state index in [1.165, 1.54) is 25.7 Å². The summed E-state index contributed by atoms with van der Waals surface area (Å²) in [6, 6.07) is 0. The summed E-state index contributed by atoms with van der Waals surface area (Å²) in [6.45, 7) is 4.80. The molecule has 0 spiro atoms. The molecule has 0 atom stereocenters. The van der Waals surface area contributed by atoms with Crippen LogP contribution in [-0.4, -0.2) is 13.6 Å². The van der Waals surface area contributed by atoms with E-state index in [1.807, 2.05) is 0 Å². The van der Waals surface area contributed by atoms with Crippen LogP contribution in [-0.2, 0) is 0 Å². The van der Waals surface area contributed by atoms with E-state index in [1.54, 1.807) is 6.42 Å². The van der Waals surface area contributed by atoms with Gasteiger partial charge in [-0.3, -0.25) is 0 Å². The molecule has 0 amide bonds. The van der Waals surface area contributed by atoms with Crippen LogP contribution in [0.5, 0.6) is 0 Å². The summed E-state index contributed by atoms with van der Waals surface area (Å²) >= 11 is 0. The second-order valence-corrected chi connectivity index (χ2v) is 4.42. The van der Waals surface area contributed by atoms with Crippen molar-refractivity contribution < 1.29 is 0 Å². The van der Waals surface area contributed by atoms with Crippen molar-refractivity contribution >= 4 is 13.6 Å². The van der Waals surface area contributed by atoms with Crippen LogP contribution >= 0.6 is 0 Å². The molecule has 1 aliphatic heterocycles. The predicted molar refractivity (Wildman–Crippen MR) is 44.3 cm³/mol. The van der Waals surface area contributed by atoms with Crippen molar-refractivity contribution in [3.8, 4) is 0 Å². The van der Waals surface area contributed by atoms with Crippen LogP contribution in [0.3, 0.4) is 0 Å². The molecule has 2 fully saturated rings. The molecule has 0 aromatic heterocycles. The van der Waals surface area contributed by atoms with Crippen LogP contribution in [0.25, 0.3) is 0 Å². The zero-order valence-electron chi connectivity index (χ0n) is 6.34. The molecule has 2 aliphatic carbocycles. The van der Waals surface area contributed by atoms with Gasteiger partial charge in [0.25, 0.3) is 0 Å². The summed E-state index contributed by atoms with van der Waals surface area (Å²) in [6.07, 6.45) is 7.69. The van der Waals surface area contributed by atoms with Crippen LogP contribution in [0, 0.1) is 11.3 Å². The molecular weight excluding hydrogens is 118 g/mol. The van der Waals surface area contributed by atoms with Gasteiger partial charge in [0, 0.05) is 0 Å². The number of hydrogen-bond donors (Lipinski definition) is 0.